The first-order chi connectivity index (χ1) is 10.1. The van der Waals surface area contributed by atoms with Crippen LogP contribution < -0.4 is 0 Å². The molecular weight excluding hydrogens is 289 g/mol. The topological polar surface area (TPSA) is 62.3 Å². The van der Waals surface area contributed by atoms with E-state index >= 15 is 0 Å². The Morgan fingerprint density at radius 3 is 2.90 bits per heavy atom. The number of aromatic amines is 1. The van der Waals surface area contributed by atoms with Gasteiger partial charge < -0.3 is 4.98 Å². The Bertz CT molecular complexity index is 941. The van der Waals surface area contributed by atoms with Gasteiger partial charge in [0.1, 0.15) is 23.0 Å². The van der Waals surface area contributed by atoms with Crippen molar-refractivity contribution in [2.75, 3.05) is 0 Å². The van der Waals surface area contributed by atoms with Gasteiger partial charge in [0.05, 0.1) is 11.4 Å². The number of aromatic nitrogens is 4. The summed E-state index contributed by atoms with van der Waals surface area (Å²) in [5.74, 6) is -0.564. The predicted octanol–water partition coefficient (Wildman–Crippen LogP) is 3.22. The molecule has 5 nitrogen and oxygen atoms in total. The van der Waals surface area contributed by atoms with E-state index in [9.17, 15) is 9.65 Å². The van der Waals surface area contributed by atoms with Gasteiger partial charge in [0, 0.05) is 6.54 Å². The Morgan fingerprint density at radius 2 is 2.24 bits per heavy atom. The number of rotatable bonds is 2. The molecule has 21 heavy (non-hydrogen) atoms. The second-order valence-electron chi connectivity index (χ2n) is 4.61. The van der Waals surface area contributed by atoms with Crippen molar-refractivity contribution in [3.05, 3.63) is 40.0 Å². The lowest BCUT2D eigenvalue weighted by molar-refractivity contribution is 0.621. The number of nitrogens with one attached hydrogen (secondary N) is 1. The molecule has 2 heterocycles. The number of nitriles is 1. The van der Waals surface area contributed by atoms with E-state index in [0.717, 1.165) is 16.9 Å². The summed E-state index contributed by atoms with van der Waals surface area (Å²) in [5, 5.41) is 13.6. The minimum atomic E-state index is -0.564. The molecule has 0 spiro atoms. The lowest BCUT2D eigenvalue weighted by Gasteiger charge is -2.08. The van der Waals surface area contributed by atoms with Crippen molar-refractivity contribution in [2.45, 2.75) is 20.4 Å². The second kappa shape index (κ2) is 4.82. The van der Waals surface area contributed by atoms with Crippen LogP contribution in [0.4, 0.5) is 4.39 Å². The highest BCUT2D eigenvalue weighted by Gasteiger charge is 2.18. The Labute approximate surface area is 125 Å². The molecule has 2 aromatic heterocycles. The van der Waals surface area contributed by atoms with E-state index < -0.39 is 5.82 Å². The third kappa shape index (κ3) is 1.87. The Morgan fingerprint density at radius 1 is 1.48 bits per heavy atom. The summed E-state index contributed by atoms with van der Waals surface area (Å²) in [6.07, 6.45) is 0. The van der Waals surface area contributed by atoms with Crippen LogP contribution in [0.1, 0.15) is 18.2 Å². The number of nitrogens with zero attached hydrogens (tertiary/aromatic N) is 4. The van der Waals surface area contributed by atoms with Crippen LogP contribution in [-0.2, 0) is 6.54 Å². The van der Waals surface area contributed by atoms with Gasteiger partial charge in [-0.2, -0.15) is 10.4 Å². The summed E-state index contributed by atoms with van der Waals surface area (Å²) < 4.78 is 17.7. The summed E-state index contributed by atoms with van der Waals surface area (Å²) in [7, 11) is 0. The third-order valence-corrected chi connectivity index (χ3v) is 3.68. The zero-order valence-corrected chi connectivity index (χ0v) is 12.3. The van der Waals surface area contributed by atoms with Gasteiger partial charge in [-0.05, 0) is 38.2 Å². The van der Waals surface area contributed by atoms with Gasteiger partial charge in [-0.25, -0.2) is 9.07 Å². The van der Waals surface area contributed by atoms with Crippen molar-refractivity contribution in [3.63, 3.8) is 0 Å². The Balaban J connectivity index is 2.47. The predicted molar refractivity (Wildman–Crippen MR) is 79.3 cm³/mol. The van der Waals surface area contributed by atoms with E-state index in [-0.39, 0.29) is 5.56 Å². The van der Waals surface area contributed by atoms with E-state index in [1.165, 1.54) is 6.07 Å². The zero-order valence-electron chi connectivity index (χ0n) is 11.5. The van der Waals surface area contributed by atoms with E-state index in [4.69, 9.17) is 12.2 Å². The Kier molecular flexibility index (Phi) is 3.11. The molecule has 3 rings (SSSR count). The molecule has 1 N–H and O–H groups in total. The van der Waals surface area contributed by atoms with Crippen molar-refractivity contribution in [3.8, 4) is 11.8 Å². The average molecular weight is 301 g/mol. The molecule has 0 saturated heterocycles. The summed E-state index contributed by atoms with van der Waals surface area (Å²) in [6, 6.07) is 6.40. The second-order valence-corrected chi connectivity index (χ2v) is 5.00. The maximum atomic E-state index is 13.9. The number of benzene rings is 1. The first-order valence-electron chi connectivity index (χ1n) is 6.45. The number of hydrogen-bond donors (Lipinski definition) is 1. The van der Waals surface area contributed by atoms with Gasteiger partial charge in [-0.3, -0.25) is 4.57 Å². The maximum Gasteiger partial charge on any atom is 0.184 e. The summed E-state index contributed by atoms with van der Waals surface area (Å²) in [5.41, 5.74) is 2.74. The van der Waals surface area contributed by atoms with Gasteiger partial charge in [0.2, 0.25) is 0 Å². The van der Waals surface area contributed by atoms with Crippen molar-refractivity contribution < 1.29 is 4.39 Å². The molecule has 0 radical (unpaired) electrons. The molecule has 0 atom stereocenters. The minimum absolute atomic E-state index is 0.0315. The standard InChI is InChI=1S/C14H12FN5S/c1-3-19-13-12(8(2)18-19)17-14(21)20(13)11-6-4-5-10(15)9(11)7-16/h4-6H,3H2,1-2H3,(H,17,21). The smallest absolute Gasteiger partial charge is 0.184 e. The molecule has 3 aromatic rings. The number of hydrogen-bond acceptors (Lipinski definition) is 3. The van der Waals surface area contributed by atoms with Crippen LogP contribution in [0.25, 0.3) is 16.9 Å². The molecule has 1 aromatic carbocycles. The van der Waals surface area contributed by atoms with E-state index in [1.807, 2.05) is 19.9 Å². The first kappa shape index (κ1) is 13.5. The van der Waals surface area contributed by atoms with E-state index in [1.54, 1.807) is 21.4 Å². The van der Waals surface area contributed by atoms with Crippen LogP contribution in [0.15, 0.2) is 18.2 Å². The lowest BCUT2D eigenvalue weighted by atomic mass is 10.2. The molecule has 0 aliphatic carbocycles. The molecular formula is C14H12FN5S. The summed E-state index contributed by atoms with van der Waals surface area (Å²) in [4.78, 5) is 3.08. The largest absolute Gasteiger partial charge is 0.327 e. The van der Waals surface area contributed by atoms with Crippen LogP contribution in [0, 0.1) is 28.8 Å². The van der Waals surface area contributed by atoms with Gasteiger partial charge in [-0.15, -0.1) is 0 Å². The van der Waals surface area contributed by atoms with E-state index in [2.05, 4.69) is 10.1 Å². The fourth-order valence-electron chi connectivity index (χ4n) is 2.46. The van der Waals surface area contributed by atoms with Crippen LogP contribution in [0.3, 0.4) is 0 Å². The lowest BCUT2D eigenvalue weighted by Crippen LogP contribution is -2.05. The molecule has 0 amide bonds. The van der Waals surface area contributed by atoms with Crippen molar-refractivity contribution in [2.24, 2.45) is 0 Å². The molecule has 0 unspecified atom stereocenters. The fourth-order valence-corrected chi connectivity index (χ4v) is 2.74. The van der Waals surface area contributed by atoms with Crippen LogP contribution >= 0.6 is 12.2 Å². The fraction of sp³-hybridized carbons (Fsp3) is 0.214. The van der Waals surface area contributed by atoms with Gasteiger partial charge in [0.25, 0.3) is 0 Å². The zero-order chi connectivity index (χ0) is 15.1. The molecule has 7 heteroatoms. The maximum absolute atomic E-state index is 13.9. The van der Waals surface area contributed by atoms with Gasteiger partial charge >= 0.3 is 0 Å². The quantitative estimate of drug-likeness (QED) is 0.739. The van der Waals surface area contributed by atoms with E-state index in [0.29, 0.717) is 17.0 Å². The molecule has 106 valence electrons. The molecule has 0 saturated carbocycles. The van der Waals surface area contributed by atoms with Gasteiger partial charge in [0.15, 0.2) is 10.4 Å². The number of fused-ring (bicyclic) bond motifs is 1. The first-order valence-corrected chi connectivity index (χ1v) is 6.86. The number of aryl methyl sites for hydroxylation is 2. The average Bonchev–Trinajstić information content (AvgIpc) is 2.95. The highest BCUT2D eigenvalue weighted by Crippen LogP contribution is 2.25. The molecule has 0 bridgehead atoms. The number of halogens is 1. The monoisotopic (exact) mass is 301 g/mol. The summed E-state index contributed by atoms with van der Waals surface area (Å²) >= 11 is 5.34. The van der Waals surface area contributed by atoms with Crippen molar-refractivity contribution in [1.82, 2.24) is 19.3 Å². The Hall–Kier alpha value is -2.46. The molecule has 0 fully saturated rings. The van der Waals surface area contributed by atoms with Crippen molar-refractivity contribution in [1.29, 1.82) is 5.26 Å². The molecule has 0 aliphatic rings. The van der Waals surface area contributed by atoms with Crippen LogP contribution in [0.5, 0.6) is 0 Å². The highest BCUT2D eigenvalue weighted by molar-refractivity contribution is 7.71. The SMILES string of the molecule is CCn1nc(C)c2[nH]c(=S)n(-c3cccc(F)c3C#N)c21. The number of H-pyrrole nitrogens is 1. The normalized spacial score (nSPS) is 11.0. The van der Waals surface area contributed by atoms with Gasteiger partial charge in [-0.1, -0.05) is 6.07 Å². The molecule has 0 aliphatic heterocycles. The summed E-state index contributed by atoms with van der Waals surface area (Å²) in [6.45, 7) is 4.48. The third-order valence-electron chi connectivity index (χ3n) is 3.39. The highest BCUT2D eigenvalue weighted by atomic mass is 32.1. The van der Waals surface area contributed by atoms with Crippen LogP contribution in [0.2, 0.25) is 0 Å². The number of imidazole rings is 1. The minimum Gasteiger partial charge on any atom is -0.327 e. The van der Waals surface area contributed by atoms with Crippen molar-refractivity contribution >= 4 is 23.4 Å². The van der Waals surface area contributed by atoms with Crippen LogP contribution in [-0.4, -0.2) is 19.3 Å².